The van der Waals surface area contributed by atoms with Gasteiger partial charge < -0.3 is 15.3 Å². The van der Waals surface area contributed by atoms with Crippen molar-refractivity contribution in [2.24, 2.45) is 0 Å². The van der Waals surface area contributed by atoms with E-state index in [1.54, 1.807) is 0 Å². The number of rotatable bonds is 4. The van der Waals surface area contributed by atoms with E-state index in [4.69, 9.17) is 15.3 Å². The Balaban J connectivity index is 3.21. The minimum absolute atomic E-state index is 0.0110. The van der Waals surface area contributed by atoms with Crippen molar-refractivity contribution < 1.29 is 15.3 Å². The standard InChI is InChI=1S/C7H11N3O4/c11-2-1-6-8-5(3-12)9-7(14)10(6)4-13/h11-13H,1-4H2. The molecule has 0 aromatic carbocycles. The molecule has 78 valence electrons. The first kappa shape index (κ1) is 10.8. The highest BCUT2D eigenvalue weighted by Gasteiger charge is 2.07. The molecular formula is C7H11N3O4. The predicted molar refractivity (Wildman–Crippen MR) is 45.2 cm³/mol. The minimum Gasteiger partial charge on any atom is -0.396 e. The van der Waals surface area contributed by atoms with Gasteiger partial charge in [0.15, 0.2) is 5.82 Å². The quantitative estimate of drug-likeness (QED) is 0.501. The molecule has 1 aromatic heterocycles. The normalized spacial score (nSPS) is 10.5. The van der Waals surface area contributed by atoms with E-state index in [2.05, 4.69) is 9.97 Å². The molecule has 0 aliphatic heterocycles. The Labute approximate surface area is 79.3 Å². The molecule has 0 unspecified atom stereocenters. The predicted octanol–water partition coefficient (Wildman–Crippen LogP) is -2.38. The van der Waals surface area contributed by atoms with Crippen LogP contribution in [0.3, 0.4) is 0 Å². The summed E-state index contributed by atoms with van der Waals surface area (Å²) in [7, 11) is 0. The molecule has 0 spiro atoms. The zero-order valence-corrected chi connectivity index (χ0v) is 7.42. The van der Waals surface area contributed by atoms with Crippen LogP contribution in [0.1, 0.15) is 11.6 Å². The van der Waals surface area contributed by atoms with E-state index in [0.717, 1.165) is 4.57 Å². The number of nitrogens with zero attached hydrogens (tertiary/aromatic N) is 3. The van der Waals surface area contributed by atoms with E-state index < -0.39 is 19.0 Å². The van der Waals surface area contributed by atoms with Crippen molar-refractivity contribution in [3.05, 3.63) is 22.1 Å². The lowest BCUT2D eigenvalue weighted by atomic mass is 10.4. The second-order valence-corrected chi connectivity index (χ2v) is 2.54. The molecule has 0 amide bonds. The van der Waals surface area contributed by atoms with Crippen molar-refractivity contribution >= 4 is 0 Å². The summed E-state index contributed by atoms with van der Waals surface area (Å²) >= 11 is 0. The van der Waals surface area contributed by atoms with Gasteiger partial charge >= 0.3 is 5.69 Å². The maximum absolute atomic E-state index is 11.2. The van der Waals surface area contributed by atoms with Gasteiger partial charge in [0.25, 0.3) is 0 Å². The Kier molecular flexibility index (Phi) is 3.69. The molecule has 1 aromatic rings. The number of aromatic nitrogens is 3. The van der Waals surface area contributed by atoms with Crippen molar-refractivity contribution in [3.8, 4) is 0 Å². The van der Waals surface area contributed by atoms with Gasteiger partial charge in [-0.3, -0.25) is 4.57 Å². The minimum atomic E-state index is -0.685. The third kappa shape index (κ3) is 2.13. The molecule has 7 nitrogen and oxygen atoms in total. The van der Waals surface area contributed by atoms with Crippen LogP contribution in [0.5, 0.6) is 0 Å². The fraction of sp³-hybridized carbons (Fsp3) is 0.571. The van der Waals surface area contributed by atoms with Gasteiger partial charge in [0.05, 0.1) is 6.61 Å². The smallest absolute Gasteiger partial charge is 0.352 e. The van der Waals surface area contributed by atoms with Crippen molar-refractivity contribution in [2.75, 3.05) is 6.61 Å². The molecule has 0 atom stereocenters. The highest BCUT2D eigenvalue weighted by molar-refractivity contribution is 4.93. The lowest BCUT2D eigenvalue weighted by Gasteiger charge is -2.07. The molecule has 7 heteroatoms. The average Bonchev–Trinajstić information content (AvgIpc) is 2.18. The van der Waals surface area contributed by atoms with Crippen LogP contribution in [0.2, 0.25) is 0 Å². The zero-order chi connectivity index (χ0) is 10.6. The van der Waals surface area contributed by atoms with Gasteiger partial charge in [-0.25, -0.2) is 9.78 Å². The van der Waals surface area contributed by atoms with Gasteiger partial charge in [-0.2, -0.15) is 4.98 Å². The number of aliphatic hydroxyl groups excluding tert-OH is 3. The molecule has 0 saturated heterocycles. The van der Waals surface area contributed by atoms with Gasteiger partial charge in [0, 0.05) is 6.42 Å². The number of hydrogen-bond acceptors (Lipinski definition) is 6. The maximum atomic E-state index is 11.2. The van der Waals surface area contributed by atoms with E-state index >= 15 is 0 Å². The molecule has 14 heavy (non-hydrogen) atoms. The number of aliphatic hydroxyl groups is 3. The first-order valence-electron chi connectivity index (χ1n) is 4.02. The molecule has 0 aliphatic rings. The third-order valence-electron chi connectivity index (χ3n) is 1.64. The molecule has 1 rings (SSSR count). The van der Waals surface area contributed by atoms with Crippen molar-refractivity contribution in [2.45, 2.75) is 19.8 Å². The molecule has 0 saturated carbocycles. The van der Waals surface area contributed by atoms with Gasteiger partial charge in [-0.15, -0.1) is 0 Å². The first-order valence-corrected chi connectivity index (χ1v) is 4.02. The van der Waals surface area contributed by atoms with Gasteiger partial charge in [-0.05, 0) is 0 Å². The summed E-state index contributed by atoms with van der Waals surface area (Å²) in [6.07, 6.45) is 0.130. The fourth-order valence-corrected chi connectivity index (χ4v) is 1.02. The molecule has 3 N–H and O–H groups in total. The van der Waals surface area contributed by atoms with Crippen LogP contribution < -0.4 is 5.69 Å². The molecule has 0 radical (unpaired) electrons. The Morgan fingerprint density at radius 2 is 1.93 bits per heavy atom. The summed E-state index contributed by atoms with van der Waals surface area (Å²) in [6, 6.07) is 0. The first-order chi connectivity index (χ1) is 6.72. The molecule has 0 fully saturated rings. The van der Waals surface area contributed by atoms with E-state index in [9.17, 15) is 4.79 Å². The van der Waals surface area contributed by atoms with E-state index in [1.807, 2.05) is 0 Å². The maximum Gasteiger partial charge on any atom is 0.352 e. The van der Waals surface area contributed by atoms with Crippen LogP contribution in [-0.2, 0) is 19.8 Å². The molecule has 0 bridgehead atoms. The summed E-state index contributed by atoms with van der Waals surface area (Å²) in [5.41, 5.74) is -0.685. The second-order valence-electron chi connectivity index (χ2n) is 2.54. The highest BCUT2D eigenvalue weighted by Crippen LogP contribution is 1.94. The van der Waals surface area contributed by atoms with Gasteiger partial charge in [0.1, 0.15) is 19.2 Å². The lowest BCUT2D eigenvalue weighted by Crippen LogP contribution is -2.29. The van der Waals surface area contributed by atoms with Crippen LogP contribution >= 0.6 is 0 Å². The summed E-state index contributed by atoms with van der Waals surface area (Å²) in [6.45, 7) is -1.18. The largest absolute Gasteiger partial charge is 0.396 e. The van der Waals surface area contributed by atoms with Gasteiger partial charge in [-0.1, -0.05) is 0 Å². The van der Waals surface area contributed by atoms with E-state index in [1.165, 1.54) is 0 Å². The Bertz CT molecular complexity index is 362. The summed E-state index contributed by atoms with van der Waals surface area (Å²) in [5.74, 6) is 0.196. The Morgan fingerprint density at radius 1 is 1.21 bits per heavy atom. The Hall–Kier alpha value is -1.31. The van der Waals surface area contributed by atoms with Crippen molar-refractivity contribution in [1.82, 2.24) is 14.5 Å². The van der Waals surface area contributed by atoms with E-state index in [0.29, 0.717) is 0 Å². The number of hydrogen-bond donors (Lipinski definition) is 3. The average molecular weight is 201 g/mol. The van der Waals surface area contributed by atoms with Gasteiger partial charge in [0.2, 0.25) is 0 Å². The zero-order valence-electron chi connectivity index (χ0n) is 7.42. The van der Waals surface area contributed by atoms with Crippen LogP contribution in [0.15, 0.2) is 4.79 Å². The topological polar surface area (TPSA) is 108 Å². The third-order valence-corrected chi connectivity index (χ3v) is 1.64. The monoisotopic (exact) mass is 201 g/mol. The summed E-state index contributed by atoms with van der Waals surface area (Å²) in [4.78, 5) is 18.4. The SMILES string of the molecule is O=c1nc(CO)nc(CCO)n1CO. The second kappa shape index (κ2) is 4.80. The molecular weight excluding hydrogens is 190 g/mol. The van der Waals surface area contributed by atoms with Crippen LogP contribution in [0, 0.1) is 0 Å². The van der Waals surface area contributed by atoms with Crippen LogP contribution in [0.25, 0.3) is 0 Å². The molecule has 0 aliphatic carbocycles. The molecule has 1 heterocycles. The summed E-state index contributed by atoms with van der Waals surface area (Å²) < 4.78 is 0.926. The Morgan fingerprint density at radius 3 is 2.43 bits per heavy atom. The van der Waals surface area contributed by atoms with Crippen molar-refractivity contribution in [1.29, 1.82) is 0 Å². The van der Waals surface area contributed by atoms with Crippen LogP contribution in [0.4, 0.5) is 0 Å². The highest BCUT2D eigenvalue weighted by atomic mass is 16.3. The van der Waals surface area contributed by atoms with Crippen molar-refractivity contribution in [3.63, 3.8) is 0 Å². The summed E-state index contributed by atoms with van der Waals surface area (Å²) in [5, 5.41) is 26.2. The van der Waals surface area contributed by atoms with E-state index in [-0.39, 0.29) is 24.7 Å². The fourth-order valence-electron chi connectivity index (χ4n) is 1.02. The lowest BCUT2D eigenvalue weighted by molar-refractivity contribution is 0.191. The van der Waals surface area contributed by atoms with Crippen LogP contribution in [-0.4, -0.2) is 36.5 Å².